The van der Waals surface area contributed by atoms with E-state index >= 15 is 0 Å². The van der Waals surface area contributed by atoms with Crippen LogP contribution < -0.4 is 0 Å². The molecule has 1 aliphatic heterocycles. The second-order valence-electron chi connectivity index (χ2n) is 5.75. The van der Waals surface area contributed by atoms with Gasteiger partial charge in [0.25, 0.3) is 0 Å². The van der Waals surface area contributed by atoms with E-state index < -0.39 is 6.04 Å². The van der Waals surface area contributed by atoms with Crippen molar-refractivity contribution in [3.05, 3.63) is 52.0 Å². The molecule has 1 aliphatic rings. The molecule has 0 amide bonds. The molecule has 1 aromatic carbocycles. The summed E-state index contributed by atoms with van der Waals surface area (Å²) in [6.45, 7) is 6.09. The molecule has 2 heterocycles. The first kappa shape index (κ1) is 17.1. The average molecular weight is 346 g/mol. The van der Waals surface area contributed by atoms with Crippen molar-refractivity contribution in [1.29, 1.82) is 0 Å². The highest BCUT2D eigenvalue weighted by Crippen LogP contribution is 2.31. The molecule has 0 saturated carbocycles. The maximum absolute atomic E-state index is 12.6. The minimum Gasteiger partial charge on any atom is -0.465 e. The summed E-state index contributed by atoms with van der Waals surface area (Å²) in [5.74, 6) is -0.209. The Labute approximate surface area is 146 Å². The molecule has 24 heavy (non-hydrogen) atoms. The summed E-state index contributed by atoms with van der Waals surface area (Å²) < 4.78 is 11.2. The smallest absolute Gasteiger partial charge is 0.328 e. The molecule has 0 aliphatic carbocycles. The Morgan fingerprint density at radius 1 is 1.46 bits per heavy atom. The second-order valence-corrected chi connectivity index (χ2v) is 6.64. The largest absolute Gasteiger partial charge is 0.465 e. The Kier molecular flexibility index (Phi) is 5.60. The topological polar surface area (TPSA) is 51.7 Å². The third-order valence-corrected chi connectivity index (χ3v) is 5.06. The summed E-state index contributed by atoms with van der Waals surface area (Å²) in [5, 5.41) is 2.99. The fraction of sp³-hybridized carbons (Fsp3) is 0.444. The lowest BCUT2D eigenvalue weighted by Gasteiger charge is -2.36. The van der Waals surface area contributed by atoms with Gasteiger partial charge in [0.1, 0.15) is 17.2 Å². The molecule has 2 unspecified atom stereocenters. The minimum absolute atomic E-state index is 0.0990. The predicted molar refractivity (Wildman–Crippen MR) is 92.9 cm³/mol. The van der Waals surface area contributed by atoms with E-state index in [0.717, 1.165) is 16.3 Å². The van der Waals surface area contributed by atoms with E-state index in [9.17, 15) is 4.79 Å². The van der Waals surface area contributed by atoms with Gasteiger partial charge >= 0.3 is 5.97 Å². The van der Waals surface area contributed by atoms with Crippen molar-refractivity contribution in [3.63, 3.8) is 0 Å². The number of aromatic nitrogens is 1. The van der Waals surface area contributed by atoms with Gasteiger partial charge in [-0.2, -0.15) is 0 Å². The van der Waals surface area contributed by atoms with Gasteiger partial charge in [-0.3, -0.25) is 4.90 Å². The molecule has 3 rings (SSSR count). The molecule has 1 saturated heterocycles. The van der Waals surface area contributed by atoms with E-state index in [1.165, 1.54) is 0 Å². The van der Waals surface area contributed by atoms with Crippen molar-refractivity contribution in [2.75, 3.05) is 26.3 Å². The van der Waals surface area contributed by atoms with Crippen molar-refractivity contribution < 1.29 is 14.3 Å². The molecule has 0 radical (unpaired) electrons. The molecular weight excluding hydrogens is 324 g/mol. The molecule has 0 N–H and O–H groups in total. The molecule has 1 aromatic heterocycles. The van der Waals surface area contributed by atoms with E-state index in [1.54, 1.807) is 11.3 Å². The number of hydrogen-bond acceptors (Lipinski definition) is 6. The summed E-state index contributed by atoms with van der Waals surface area (Å²) in [7, 11) is 0. The van der Waals surface area contributed by atoms with Crippen LogP contribution >= 0.6 is 11.3 Å². The summed E-state index contributed by atoms with van der Waals surface area (Å²) >= 11 is 1.61. The maximum Gasteiger partial charge on any atom is 0.328 e. The minimum atomic E-state index is -0.404. The summed E-state index contributed by atoms with van der Waals surface area (Å²) in [4.78, 5) is 19.2. The van der Waals surface area contributed by atoms with Crippen LogP contribution in [-0.2, 0) is 14.3 Å². The average Bonchev–Trinajstić information content (AvgIpc) is 3.03. The number of rotatable bonds is 5. The van der Waals surface area contributed by atoms with E-state index in [-0.39, 0.29) is 12.1 Å². The second kappa shape index (κ2) is 7.88. The van der Waals surface area contributed by atoms with E-state index in [4.69, 9.17) is 9.47 Å². The van der Waals surface area contributed by atoms with Crippen molar-refractivity contribution in [2.24, 2.45) is 0 Å². The molecular formula is C18H22N2O3S. The number of esters is 1. The number of thiazole rings is 1. The number of carbonyl (C=O) groups is 1. The van der Waals surface area contributed by atoms with Gasteiger partial charge in [-0.25, -0.2) is 9.78 Å². The van der Waals surface area contributed by atoms with Crippen LogP contribution in [0.3, 0.4) is 0 Å². The Hall–Kier alpha value is -1.76. The Morgan fingerprint density at radius 2 is 2.25 bits per heavy atom. The van der Waals surface area contributed by atoms with Gasteiger partial charge in [0, 0.05) is 24.2 Å². The van der Waals surface area contributed by atoms with Crippen LogP contribution in [0.25, 0.3) is 0 Å². The number of hydrogen-bond donors (Lipinski definition) is 0. The third-order valence-electron chi connectivity index (χ3n) is 4.00. The molecule has 6 heteroatoms. The van der Waals surface area contributed by atoms with Crippen molar-refractivity contribution in [1.82, 2.24) is 9.88 Å². The highest BCUT2D eigenvalue weighted by Gasteiger charge is 2.34. The lowest BCUT2D eigenvalue weighted by Crippen LogP contribution is -2.44. The van der Waals surface area contributed by atoms with Crippen LogP contribution in [0.15, 0.2) is 35.7 Å². The summed E-state index contributed by atoms with van der Waals surface area (Å²) in [5.41, 5.74) is 1.95. The van der Waals surface area contributed by atoms with E-state index in [2.05, 4.69) is 9.88 Å². The first-order valence-electron chi connectivity index (χ1n) is 8.18. The SMILES string of the molecule is CCOC(=O)C(c1ccccc1)N1CCOC(c2nc(C)cs2)C1. The van der Waals surface area contributed by atoms with Gasteiger partial charge in [-0.15, -0.1) is 11.3 Å². The summed E-state index contributed by atoms with van der Waals surface area (Å²) in [6, 6.07) is 9.39. The highest BCUT2D eigenvalue weighted by atomic mass is 32.1. The first-order chi connectivity index (χ1) is 11.7. The first-order valence-corrected chi connectivity index (χ1v) is 9.06. The van der Waals surface area contributed by atoms with Gasteiger partial charge in [0.15, 0.2) is 0 Å². The lowest BCUT2D eigenvalue weighted by atomic mass is 10.0. The van der Waals surface area contributed by atoms with Crippen molar-refractivity contribution >= 4 is 17.3 Å². The summed E-state index contributed by atoms with van der Waals surface area (Å²) in [6.07, 6.45) is -0.0990. The number of ether oxygens (including phenoxy) is 2. The number of nitrogens with zero attached hydrogens (tertiary/aromatic N) is 2. The van der Waals surface area contributed by atoms with Crippen molar-refractivity contribution in [3.8, 4) is 0 Å². The van der Waals surface area contributed by atoms with Gasteiger partial charge in [-0.05, 0) is 19.4 Å². The number of morpholine rings is 1. The number of carbonyl (C=O) groups excluding carboxylic acids is 1. The van der Waals surface area contributed by atoms with E-state index in [0.29, 0.717) is 26.3 Å². The molecule has 5 nitrogen and oxygen atoms in total. The molecule has 128 valence electrons. The zero-order valence-electron chi connectivity index (χ0n) is 14.0. The predicted octanol–water partition coefficient (Wildman–Crippen LogP) is 3.13. The third kappa shape index (κ3) is 3.83. The number of benzene rings is 1. The van der Waals surface area contributed by atoms with E-state index in [1.807, 2.05) is 49.6 Å². The zero-order chi connectivity index (χ0) is 16.9. The zero-order valence-corrected chi connectivity index (χ0v) is 14.8. The fourth-order valence-corrected chi connectivity index (χ4v) is 3.76. The highest BCUT2D eigenvalue weighted by molar-refractivity contribution is 7.09. The van der Waals surface area contributed by atoms with Gasteiger partial charge in [0.05, 0.1) is 13.2 Å². The monoisotopic (exact) mass is 346 g/mol. The van der Waals surface area contributed by atoms with Gasteiger partial charge in [0.2, 0.25) is 0 Å². The number of aryl methyl sites for hydroxylation is 1. The normalized spacial score (nSPS) is 19.8. The lowest BCUT2D eigenvalue weighted by molar-refractivity contribution is -0.153. The van der Waals surface area contributed by atoms with Crippen LogP contribution in [-0.4, -0.2) is 42.2 Å². The Balaban J connectivity index is 1.82. The molecule has 2 aromatic rings. The Bertz CT molecular complexity index is 674. The van der Waals surface area contributed by atoms with Crippen LogP contribution in [0.5, 0.6) is 0 Å². The molecule has 0 spiro atoms. The van der Waals surface area contributed by atoms with Crippen molar-refractivity contribution in [2.45, 2.75) is 26.0 Å². The Morgan fingerprint density at radius 3 is 2.92 bits per heavy atom. The van der Waals surface area contributed by atoms with Crippen LogP contribution in [0.4, 0.5) is 0 Å². The van der Waals surface area contributed by atoms with Crippen LogP contribution in [0.1, 0.15) is 35.3 Å². The van der Waals surface area contributed by atoms with Gasteiger partial charge < -0.3 is 9.47 Å². The van der Waals surface area contributed by atoms with Crippen LogP contribution in [0.2, 0.25) is 0 Å². The molecule has 1 fully saturated rings. The molecule has 0 bridgehead atoms. The van der Waals surface area contributed by atoms with Crippen LogP contribution in [0, 0.1) is 6.92 Å². The maximum atomic E-state index is 12.6. The fourth-order valence-electron chi connectivity index (χ4n) is 2.93. The standard InChI is InChI=1S/C18H22N2O3S/c1-3-22-18(21)16(14-7-5-4-6-8-14)20-9-10-23-15(11-20)17-19-13(2)12-24-17/h4-8,12,15-16H,3,9-11H2,1-2H3. The molecule has 2 atom stereocenters. The quantitative estimate of drug-likeness (QED) is 0.779. The van der Waals surface area contributed by atoms with Gasteiger partial charge in [-0.1, -0.05) is 30.3 Å².